The first-order valence-electron chi connectivity index (χ1n) is 7.33. The van der Waals surface area contributed by atoms with Crippen molar-refractivity contribution in [1.29, 1.82) is 0 Å². The minimum absolute atomic E-state index is 0.0166. The third kappa shape index (κ3) is 1.84. The summed E-state index contributed by atoms with van der Waals surface area (Å²) in [6.07, 6.45) is 1.76. The molecule has 4 heteroatoms. The van der Waals surface area contributed by atoms with Gasteiger partial charge in [-0.15, -0.1) is 0 Å². The second kappa shape index (κ2) is 4.70. The van der Waals surface area contributed by atoms with Gasteiger partial charge in [0, 0.05) is 12.0 Å². The van der Waals surface area contributed by atoms with Crippen LogP contribution in [-0.4, -0.2) is 18.8 Å². The number of methoxy groups -OCH3 is 1. The first-order chi connectivity index (χ1) is 10.7. The van der Waals surface area contributed by atoms with E-state index in [2.05, 4.69) is 11.4 Å². The van der Waals surface area contributed by atoms with E-state index >= 15 is 0 Å². The lowest BCUT2D eigenvalue weighted by atomic mass is 9.95. The lowest BCUT2D eigenvalue weighted by Gasteiger charge is -2.12. The van der Waals surface area contributed by atoms with Crippen molar-refractivity contribution < 1.29 is 14.3 Å². The van der Waals surface area contributed by atoms with Crippen molar-refractivity contribution in [3.63, 3.8) is 0 Å². The number of hydrogen-bond acceptors (Lipinski definition) is 3. The summed E-state index contributed by atoms with van der Waals surface area (Å²) >= 11 is 0. The molecule has 0 saturated carbocycles. The van der Waals surface area contributed by atoms with Crippen LogP contribution < -0.4 is 10.1 Å². The SMILES string of the molecule is COc1ccc(-c2ccc3c(c2)CCC3=O)c2c1NC(=O)C2. The van der Waals surface area contributed by atoms with E-state index in [1.54, 1.807) is 7.11 Å². The molecule has 1 amide bonds. The predicted molar refractivity (Wildman–Crippen MR) is 83.4 cm³/mol. The van der Waals surface area contributed by atoms with Crippen LogP contribution in [-0.2, 0) is 17.6 Å². The predicted octanol–water partition coefficient (Wildman–Crippen LogP) is 2.99. The van der Waals surface area contributed by atoms with Crippen molar-refractivity contribution in [2.24, 2.45) is 0 Å². The van der Waals surface area contributed by atoms with E-state index < -0.39 is 0 Å². The molecule has 1 N–H and O–H groups in total. The van der Waals surface area contributed by atoms with Crippen LogP contribution in [0.25, 0.3) is 11.1 Å². The van der Waals surface area contributed by atoms with E-state index in [4.69, 9.17) is 4.74 Å². The maximum atomic E-state index is 11.8. The highest BCUT2D eigenvalue weighted by molar-refractivity contribution is 6.04. The van der Waals surface area contributed by atoms with Gasteiger partial charge in [0.25, 0.3) is 0 Å². The number of carbonyl (C=O) groups is 2. The van der Waals surface area contributed by atoms with Gasteiger partial charge in [-0.2, -0.15) is 0 Å². The average Bonchev–Trinajstić information content (AvgIpc) is 3.08. The molecule has 0 atom stereocenters. The molecular weight excluding hydrogens is 278 g/mol. The van der Waals surface area contributed by atoms with Crippen LogP contribution in [0.1, 0.15) is 27.9 Å². The lowest BCUT2D eigenvalue weighted by molar-refractivity contribution is -0.115. The largest absolute Gasteiger partial charge is 0.495 e. The number of nitrogens with one attached hydrogen (secondary N) is 1. The van der Waals surface area contributed by atoms with Gasteiger partial charge in [-0.25, -0.2) is 0 Å². The molecule has 1 heterocycles. The molecule has 2 aliphatic rings. The quantitative estimate of drug-likeness (QED) is 0.926. The summed E-state index contributed by atoms with van der Waals surface area (Å²) in [6, 6.07) is 9.80. The van der Waals surface area contributed by atoms with Crippen molar-refractivity contribution in [3.05, 3.63) is 47.0 Å². The summed E-state index contributed by atoms with van der Waals surface area (Å²) in [4.78, 5) is 23.5. The topological polar surface area (TPSA) is 55.4 Å². The Balaban J connectivity index is 1.86. The molecule has 0 unspecified atom stereocenters. The zero-order valence-electron chi connectivity index (χ0n) is 12.2. The summed E-state index contributed by atoms with van der Waals surface area (Å²) in [5.41, 5.74) is 5.74. The van der Waals surface area contributed by atoms with Crippen LogP contribution in [0.4, 0.5) is 5.69 Å². The molecule has 0 radical (unpaired) electrons. The number of hydrogen-bond donors (Lipinski definition) is 1. The van der Waals surface area contributed by atoms with Gasteiger partial charge in [-0.05, 0) is 34.7 Å². The Morgan fingerprint density at radius 3 is 2.68 bits per heavy atom. The first-order valence-corrected chi connectivity index (χ1v) is 7.33. The molecule has 0 spiro atoms. The molecule has 0 aromatic heterocycles. The van der Waals surface area contributed by atoms with Crippen LogP contribution in [0, 0.1) is 0 Å². The van der Waals surface area contributed by atoms with Gasteiger partial charge in [-0.3, -0.25) is 9.59 Å². The number of aryl methyl sites for hydroxylation is 1. The second-order valence-corrected chi connectivity index (χ2v) is 5.69. The van der Waals surface area contributed by atoms with Gasteiger partial charge >= 0.3 is 0 Å². The third-order valence-corrected chi connectivity index (χ3v) is 4.43. The molecule has 1 aliphatic heterocycles. The highest BCUT2D eigenvalue weighted by Crippen LogP contribution is 2.40. The molecule has 22 heavy (non-hydrogen) atoms. The molecule has 4 rings (SSSR count). The van der Waals surface area contributed by atoms with Crippen LogP contribution in [0.15, 0.2) is 30.3 Å². The monoisotopic (exact) mass is 293 g/mol. The maximum Gasteiger partial charge on any atom is 0.229 e. The summed E-state index contributed by atoms with van der Waals surface area (Å²) in [5.74, 6) is 0.886. The average molecular weight is 293 g/mol. The Kier molecular flexibility index (Phi) is 2.79. The van der Waals surface area contributed by atoms with Gasteiger partial charge in [0.15, 0.2) is 5.78 Å². The van der Waals surface area contributed by atoms with E-state index in [-0.39, 0.29) is 11.7 Å². The normalized spacial score (nSPS) is 15.5. The van der Waals surface area contributed by atoms with E-state index in [9.17, 15) is 9.59 Å². The molecule has 0 bridgehead atoms. The number of ether oxygens (including phenoxy) is 1. The maximum absolute atomic E-state index is 11.8. The van der Waals surface area contributed by atoms with Crippen molar-refractivity contribution in [3.8, 4) is 16.9 Å². The smallest absolute Gasteiger partial charge is 0.229 e. The highest BCUT2D eigenvalue weighted by atomic mass is 16.5. The number of carbonyl (C=O) groups excluding carboxylic acids is 2. The Hall–Kier alpha value is -2.62. The molecule has 2 aromatic rings. The number of ketones is 1. The fourth-order valence-corrected chi connectivity index (χ4v) is 3.35. The van der Waals surface area contributed by atoms with E-state index in [1.165, 1.54) is 0 Å². The van der Waals surface area contributed by atoms with Crippen LogP contribution in [0.5, 0.6) is 5.75 Å². The fourth-order valence-electron chi connectivity index (χ4n) is 3.35. The lowest BCUT2D eigenvalue weighted by Crippen LogP contribution is -2.04. The number of fused-ring (bicyclic) bond motifs is 2. The Morgan fingerprint density at radius 1 is 1.05 bits per heavy atom. The molecule has 0 saturated heterocycles. The third-order valence-electron chi connectivity index (χ3n) is 4.43. The molecule has 110 valence electrons. The van der Waals surface area contributed by atoms with E-state index in [0.29, 0.717) is 18.6 Å². The number of rotatable bonds is 2. The fraction of sp³-hybridized carbons (Fsp3) is 0.222. The zero-order chi connectivity index (χ0) is 15.3. The van der Waals surface area contributed by atoms with Crippen molar-refractivity contribution in [1.82, 2.24) is 0 Å². The van der Waals surface area contributed by atoms with Gasteiger partial charge < -0.3 is 10.1 Å². The zero-order valence-corrected chi connectivity index (χ0v) is 12.2. The number of anilines is 1. The standard InChI is InChI=1S/C18H15NO3/c1-22-16-7-5-12(14-9-17(21)19-18(14)16)10-2-4-13-11(8-10)3-6-15(13)20/h2,4-5,7-8H,3,6,9H2,1H3,(H,19,21). The molecular formula is C18H15NO3. The first kappa shape index (κ1) is 13.1. The van der Waals surface area contributed by atoms with E-state index in [0.717, 1.165) is 39.9 Å². The number of amides is 1. The minimum atomic E-state index is -0.0166. The molecule has 2 aromatic carbocycles. The van der Waals surface area contributed by atoms with E-state index in [1.807, 2.05) is 24.3 Å². The Labute approximate surface area is 128 Å². The number of Topliss-reactive ketones (excluding diaryl/α,β-unsaturated/α-hetero) is 1. The van der Waals surface area contributed by atoms with Crippen LogP contribution >= 0.6 is 0 Å². The van der Waals surface area contributed by atoms with Crippen LogP contribution in [0.3, 0.4) is 0 Å². The Morgan fingerprint density at radius 2 is 1.86 bits per heavy atom. The summed E-state index contributed by atoms with van der Waals surface area (Å²) < 4.78 is 5.32. The van der Waals surface area contributed by atoms with Gasteiger partial charge in [0.1, 0.15) is 5.75 Å². The Bertz CT molecular complexity index is 823. The summed E-state index contributed by atoms with van der Waals surface area (Å²) in [5, 5.41) is 2.87. The highest BCUT2D eigenvalue weighted by Gasteiger charge is 2.26. The van der Waals surface area contributed by atoms with Crippen molar-refractivity contribution in [2.75, 3.05) is 12.4 Å². The summed E-state index contributed by atoms with van der Waals surface area (Å²) in [7, 11) is 1.60. The van der Waals surface area contributed by atoms with Crippen molar-refractivity contribution in [2.45, 2.75) is 19.3 Å². The van der Waals surface area contributed by atoms with Gasteiger partial charge in [0.2, 0.25) is 5.91 Å². The minimum Gasteiger partial charge on any atom is -0.495 e. The van der Waals surface area contributed by atoms with Gasteiger partial charge in [-0.1, -0.05) is 24.3 Å². The second-order valence-electron chi connectivity index (χ2n) is 5.69. The van der Waals surface area contributed by atoms with Gasteiger partial charge in [0.05, 0.1) is 19.2 Å². The summed E-state index contributed by atoms with van der Waals surface area (Å²) in [6.45, 7) is 0. The molecule has 4 nitrogen and oxygen atoms in total. The van der Waals surface area contributed by atoms with Crippen LogP contribution in [0.2, 0.25) is 0 Å². The molecule has 0 fully saturated rings. The number of benzene rings is 2. The molecule has 1 aliphatic carbocycles. The van der Waals surface area contributed by atoms with Crippen molar-refractivity contribution >= 4 is 17.4 Å².